The van der Waals surface area contributed by atoms with Crippen LogP contribution >= 0.6 is 23.2 Å². The quantitative estimate of drug-likeness (QED) is 0.627. The summed E-state index contributed by atoms with van der Waals surface area (Å²) < 4.78 is 0. The molecule has 5 nitrogen and oxygen atoms in total. The first-order valence-electron chi connectivity index (χ1n) is 8.78. The minimum absolute atomic E-state index is 0.112. The zero-order chi connectivity index (χ0) is 19.8. The second kappa shape index (κ2) is 10.3. The molecule has 0 heterocycles. The van der Waals surface area contributed by atoms with E-state index >= 15 is 0 Å². The van der Waals surface area contributed by atoms with E-state index in [2.05, 4.69) is 10.6 Å². The maximum absolute atomic E-state index is 12.3. The molecule has 2 aromatic carbocycles. The lowest BCUT2D eigenvalue weighted by Gasteiger charge is -2.17. The van der Waals surface area contributed by atoms with Gasteiger partial charge in [0.15, 0.2) is 13.1 Å². The van der Waals surface area contributed by atoms with Gasteiger partial charge in [0.05, 0.1) is 6.54 Å². The van der Waals surface area contributed by atoms with E-state index < -0.39 is 0 Å². The van der Waals surface area contributed by atoms with Crippen molar-refractivity contribution in [1.29, 1.82) is 0 Å². The zero-order valence-electron chi connectivity index (χ0n) is 15.4. The van der Waals surface area contributed by atoms with Gasteiger partial charge < -0.3 is 15.5 Å². The molecule has 0 aromatic heterocycles. The number of amides is 2. The van der Waals surface area contributed by atoms with E-state index in [9.17, 15) is 9.59 Å². The van der Waals surface area contributed by atoms with Crippen molar-refractivity contribution in [3.05, 3.63) is 63.6 Å². The molecule has 1 unspecified atom stereocenters. The molecule has 3 N–H and O–H groups in total. The molecule has 0 bridgehead atoms. The molecule has 0 saturated heterocycles. The molecule has 0 saturated carbocycles. The molecule has 2 rings (SSSR count). The molecule has 144 valence electrons. The highest BCUT2D eigenvalue weighted by Gasteiger charge is 2.17. The fraction of sp³-hybridized carbons (Fsp3) is 0.300. The Balaban J connectivity index is 1.84. The average Bonchev–Trinajstić information content (AvgIpc) is 2.62. The molecule has 27 heavy (non-hydrogen) atoms. The molecule has 0 radical (unpaired) electrons. The van der Waals surface area contributed by atoms with Gasteiger partial charge in [0.2, 0.25) is 0 Å². The van der Waals surface area contributed by atoms with Crippen LogP contribution in [0.5, 0.6) is 0 Å². The predicted molar refractivity (Wildman–Crippen MR) is 109 cm³/mol. The number of benzene rings is 2. The van der Waals surface area contributed by atoms with Crippen molar-refractivity contribution in [2.24, 2.45) is 0 Å². The van der Waals surface area contributed by atoms with Crippen molar-refractivity contribution in [3.8, 4) is 0 Å². The summed E-state index contributed by atoms with van der Waals surface area (Å²) in [5, 5.41) is 6.93. The summed E-state index contributed by atoms with van der Waals surface area (Å²) >= 11 is 11.9. The summed E-state index contributed by atoms with van der Waals surface area (Å²) in [5.41, 5.74) is 2.56. The molecule has 0 aliphatic carbocycles. The highest BCUT2D eigenvalue weighted by molar-refractivity contribution is 6.31. The zero-order valence-corrected chi connectivity index (χ0v) is 17.0. The number of hydrogen-bond acceptors (Lipinski definition) is 2. The summed E-state index contributed by atoms with van der Waals surface area (Å²) in [6.07, 6.45) is 0. The first kappa shape index (κ1) is 21.2. The fourth-order valence-corrected chi connectivity index (χ4v) is 2.98. The van der Waals surface area contributed by atoms with Gasteiger partial charge in [0.25, 0.3) is 11.8 Å². The summed E-state index contributed by atoms with van der Waals surface area (Å²) in [4.78, 5) is 25.4. The topological polar surface area (TPSA) is 62.6 Å². The largest absolute Gasteiger partial charge is 0.347 e. The van der Waals surface area contributed by atoms with E-state index in [0.29, 0.717) is 28.8 Å². The van der Waals surface area contributed by atoms with Crippen LogP contribution in [-0.4, -0.2) is 31.4 Å². The molecule has 2 aromatic rings. The lowest BCUT2D eigenvalue weighted by Crippen LogP contribution is -3.14. The van der Waals surface area contributed by atoms with Crippen LogP contribution in [0.15, 0.2) is 42.5 Å². The third-order valence-corrected chi connectivity index (χ3v) is 4.64. The second-order valence-electron chi connectivity index (χ2n) is 6.37. The van der Waals surface area contributed by atoms with Gasteiger partial charge in [-0.2, -0.15) is 0 Å². The minimum atomic E-state index is -0.153. The van der Waals surface area contributed by atoms with E-state index in [1.165, 1.54) is 0 Å². The second-order valence-corrected chi connectivity index (χ2v) is 7.24. The highest BCUT2D eigenvalue weighted by atomic mass is 35.5. The minimum Gasteiger partial charge on any atom is -0.347 e. The summed E-state index contributed by atoms with van der Waals surface area (Å²) in [5.74, 6) is -0.265. The van der Waals surface area contributed by atoms with Gasteiger partial charge in [-0.25, -0.2) is 0 Å². The Kier molecular flexibility index (Phi) is 8.10. The summed E-state index contributed by atoms with van der Waals surface area (Å²) in [7, 11) is 0. The van der Waals surface area contributed by atoms with E-state index in [-0.39, 0.29) is 24.9 Å². The lowest BCUT2D eigenvalue weighted by atomic mass is 10.2. The van der Waals surface area contributed by atoms with Gasteiger partial charge in [0, 0.05) is 22.3 Å². The number of rotatable bonds is 8. The number of hydrogen-bond donors (Lipinski definition) is 3. The third-order valence-electron chi connectivity index (χ3n) is 4.17. The van der Waals surface area contributed by atoms with Gasteiger partial charge in [-0.1, -0.05) is 41.4 Å². The Hall–Kier alpha value is -2.08. The van der Waals surface area contributed by atoms with Crippen LogP contribution in [-0.2, 0) is 16.1 Å². The first-order valence-corrected chi connectivity index (χ1v) is 9.53. The van der Waals surface area contributed by atoms with E-state index in [1.807, 2.05) is 38.1 Å². The molecule has 1 atom stereocenters. The number of carbonyl (C=O) groups is 2. The van der Waals surface area contributed by atoms with Crippen LogP contribution in [0, 0.1) is 6.92 Å². The summed E-state index contributed by atoms with van der Waals surface area (Å²) in [6.45, 7) is 5.33. The molecular formula is C20H24Cl2N3O2+. The molecule has 2 amide bonds. The standard InChI is InChI=1S/C20H23Cl2N3O2/c1-3-25(12-19(26)23-11-15-5-4-6-16(21)9-15)13-20(27)24-18-10-17(22)8-7-14(18)2/h4-10H,3,11-13H2,1-2H3,(H,23,26)(H,24,27)/p+1. The molecule has 0 spiro atoms. The summed E-state index contributed by atoms with van der Waals surface area (Å²) in [6, 6.07) is 12.7. The van der Waals surface area contributed by atoms with Gasteiger partial charge in [-0.15, -0.1) is 0 Å². The number of carbonyl (C=O) groups excluding carboxylic acids is 2. The van der Waals surface area contributed by atoms with Gasteiger partial charge in [-0.05, 0) is 49.2 Å². The first-order chi connectivity index (χ1) is 12.9. The maximum atomic E-state index is 12.3. The highest BCUT2D eigenvalue weighted by Crippen LogP contribution is 2.19. The number of likely N-dealkylation sites (N-methyl/N-ethyl adjacent to an activating group) is 1. The third kappa shape index (κ3) is 7.21. The van der Waals surface area contributed by atoms with Crippen LogP contribution in [0.3, 0.4) is 0 Å². The van der Waals surface area contributed by atoms with E-state index in [1.54, 1.807) is 18.2 Å². The number of halogens is 2. The molecule has 7 heteroatoms. The number of aryl methyl sites for hydroxylation is 1. The van der Waals surface area contributed by atoms with Crippen molar-refractivity contribution >= 4 is 40.7 Å². The van der Waals surface area contributed by atoms with Crippen molar-refractivity contribution in [2.75, 3.05) is 25.0 Å². The molecule has 0 aliphatic heterocycles. The monoisotopic (exact) mass is 408 g/mol. The Labute approximate surface area is 169 Å². The number of nitrogens with one attached hydrogen (secondary N) is 3. The normalized spacial score (nSPS) is 11.7. The van der Waals surface area contributed by atoms with Gasteiger partial charge in [0.1, 0.15) is 0 Å². The SMILES string of the molecule is CC[NH+](CC(=O)NCc1cccc(Cl)c1)CC(=O)Nc1cc(Cl)ccc1C. The van der Waals surface area contributed by atoms with Crippen LogP contribution in [0.25, 0.3) is 0 Å². The number of quaternary nitrogens is 1. The average molecular weight is 409 g/mol. The number of anilines is 1. The van der Waals surface area contributed by atoms with E-state index in [4.69, 9.17) is 23.2 Å². The predicted octanol–water partition coefficient (Wildman–Crippen LogP) is 2.46. The lowest BCUT2D eigenvalue weighted by molar-refractivity contribution is -0.881. The fourth-order valence-electron chi connectivity index (χ4n) is 2.60. The van der Waals surface area contributed by atoms with Gasteiger partial charge >= 0.3 is 0 Å². The Morgan fingerprint density at radius 2 is 1.70 bits per heavy atom. The molecule has 0 fully saturated rings. The maximum Gasteiger partial charge on any atom is 0.279 e. The van der Waals surface area contributed by atoms with Gasteiger partial charge in [-0.3, -0.25) is 9.59 Å². The Bertz CT molecular complexity index is 812. The Morgan fingerprint density at radius 1 is 1.00 bits per heavy atom. The van der Waals surface area contributed by atoms with Crippen molar-refractivity contribution < 1.29 is 14.5 Å². The van der Waals surface area contributed by atoms with E-state index in [0.717, 1.165) is 16.0 Å². The van der Waals surface area contributed by atoms with Crippen molar-refractivity contribution in [1.82, 2.24) is 5.32 Å². The van der Waals surface area contributed by atoms with Crippen LogP contribution < -0.4 is 15.5 Å². The van der Waals surface area contributed by atoms with Crippen LogP contribution in [0.2, 0.25) is 10.0 Å². The Morgan fingerprint density at radius 3 is 2.41 bits per heavy atom. The van der Waals surface area contributed by atoms with Crippen LogP contribution in [0.4, 0.5) is 5.69 Å². The van der Waals surface area contributed by atoms with Crippen molar-refractivity contribution in [2.45, 2.75) is 20.4 Å². The molecular weight excluding hydrogens is 385 g/mol. The van der Waals surface area contributed by atoms with Crippen LogP contribution in [0.1, 0.15) is 18.1 Å². The smallest absolute Gasteiger partial charge is 0.279 e. The van der Waals surface area contributed by atoms with Crippen molar-refractivity contribution in [3.63, 3.8) is 0 Å². The molecule has 0 aliphatic rings.